The SMILES string of the molecule is Cc1cc2c(C(=O)O)nn(COCC[Si](C)(C)C)c2cn1. The molecule has 1 N–H and O–H groups in total. The van der Waals surface area contributed by atoms with Gasteiger partial charge in [-0.3, -0.25) is 4.98 Å². The first kappa shape index (κ1) is 15.7. The zero-order valence-corrected chi connectivity index (χ0v) is 13.9. The second-order valence-corrected chi connectivity index (χ2v) is 12.0. The number of ether oxygens (including phenoxy) is 1. The molecule has 0 aliphatic heterocycles. The van der Waals surface area contributed by atoms with Gasteiger partial charge in [0.2, 0.25) is 0 Å². The number of carboxylic acids is 1. The number of aromatic nitrogens is 3. The number of carboxylic acid groups (broad SMARTS) is 1. The molecule has 2 aromatic rings. The second-order valence-electron chi connectivity index (χ2n) is 6.34. The predicted molar refractivity (Wildman–Crippen MR) is 83.3 cm³/mol. The van der Waals surface area contributed by atoms with E-state index in [1.54, 1.807) is 16.9 Å². The lowest BCUT2D eigenvalue weighted by atomic mass is 10.2. The smallest absolute Gasteiger partial charge is 0.357 e. The van der Waals surface area contributed by atoms with Gasteiger partial charge in [0.05, 0.1) is 11.7 Å². The average Bonchev–Trinajstić information content (AvgIpc) is 2.71. The summed E-state index contributed by atoms with van der Waals surface area (Å²) in [6, 6.07) is 2.81. The molecule has 2 heterocycles. The minimum absolute atomic E-state index is 0.0456. The lowest BCUT2D eigenvalue weighted by Gasteiger charge is -2.15. The van der Waals surface area contributed by atoms with Crippen LogP contribution in [0.1, 0.15) is 16.2 Å². The normalized spacial score (nSPS) is 12.0. The molecule has 0 atom stereocenters. The van der Waals surface area contributed by atoms with Gasteiger partial charge in [-0.2, -0.15) is 5.10 Å². The molecule has 0 unspecified atom stereocenters. The van der Waals surface area contributed by atoms with Gasteiger partial charge in [0.15, 0.2) is 5.69 Å². The van der Waals surface area contributed by atoms with Crippen LogP contribution in [0.15, 0.2) is 12.3 Å². The van der Waals surface area contributed by atoms with E-state index < -0.39 is 14.0 Å². The highest BCUT2D eigenvalue weighted by atomic mass is 28.3. The van der Waals surface area contributed by atoms with Gasteiger partial charge in [0.1, 0.15) is 6.73 Å². The van der Waals surface area contributed by atoms with Crippen LogP contribution in [-0.2, 0) is 11.5 Å². The number of hydrogen-bond acceptors (Lipinski definition) is 4. The Morgan fingerprint density at radius 2 is 2.14 bits per heavy atom. The van der Waals surface area contributed by atoms with Crippen LogP contribution >= 0.6 is 0 Å². The minimum atomic E-state index is -1.13. The van der Waals surface area contributed by atoms with E-state index in [0.717, 1.165) is 11.7 Å². The van der Waals surface area contributed by atoms with Gasteiger partial charge >= 0.3 is 5.97 Å². The van der Waals surface area contributed by atoms with E-state index >= 15 is 0 Å². The molecule has 0 radical (unpaired) electrons. The molecule has 0 aromatic carbocycles. The maximum absolute atomic E-state index is 11.3. The van der Waals surface area contributed by atoms with Gasteiger partial charge in [-0.05, 0) is 19.0 Å². The van der Waals surface area contributed by atoms with Crippen LogP contribution in [0, 0.1) is 6.92 Å². The highest BCUT2D eigenvalue weighted by molar-refractivity contribution is 6.76. The van der Waals surface area contributed by atoms with Crippen LogP contribution in [0.5, 0.6) is 0 Å². The fourth-order valence-corrected chi connectivity index (χ4v) is 2.72. The summed E-state index contributed by atoms with van der Waals surface area (Å²) >= 11 is 0. The van der Waals surface area contributed by atoms with E-state index in [4.69, 9.17) is 4.74 Å². The van der Waals surface area contributed by atoms with Crippen molar-refractivity contribution in [1.82, 2.24) is 14.8 Å². The average molecular weight is 307 g/mol. The molecule has 0 bridgehead atoms. The summed E-state index contributed by atoms with van der Waals surface area (Å²) in [5.41, 5.74) is 1.50. The van der Waals surface area contributed by atoms with Crippen molar-refractivity contribution in [2.24, 2.45) is 0 Å². The van der Waals surface area contributed by atoms with Gasteiger partial charge in [-0.1, -0.05) is 19.6 Å². The summed E-state index contributed by atoms with van der Waals surface area (Å²) in [6.07, 6.45) is 1.64. The van der Waals surface area contributed by atoms with Crippen LogP contribution in [-0.4, -0.2) is 40.5 Å². The Labute approximate surface area is 124 Å². The molecule has 21 heavy (non-hydrogen) atoms. The Morgan fingerprint density at radius 1 is 1.43 bits per heavy atom. The zero-order valence-electron chi connectivity index (χ0n) is 12.9. The topological polar surface area (TPSA) is 77.2 Å². The van der Waals surface area contributed by atoms with Gasteiger partial charge in [-0.15, -0.1) is 0 Å². The van der Waals surface area contributed by atoms with Crippen molar-refractivity contribution in [3.8, 4) is 0 Å². The summed E-state index contributed by atoms with van der Waals surface area (Å²) in [7, 11) is -1.13. The fourth-order valence-electron chi connectivity index (χ4n) is 1.96. The maximum atomic E-state index is 11.3. The van der Waals surface area contributed by atoms with Crippen LogP contribution < -0.4 is 0 Å². The Bertz CT molecular complexity index is 661. The van der Waals surface area contributed by atoms with Crippen molar-refractivity contribution in [3.05, 3.63) is 23.7 Å². The van der Waals surface area contributed by atoms with Crippen molar-refractivity contribution in [1.29, 1.82) is 0 Å². The van der Waals surface area contributed by atoms with Gasteiger partial charge < -0.3 is 9.84 Å². The Morgan fingerprint density at radius 3 is 2.76 bits per heavy atom. The molecule has 2 rings (SSSR count). The standard InChI is InChI=1S/C14H21N3O3Si/c1-10-7-11-12(8-15-10)17(16-13(11)14(18)19)9-20-5-6-21(2,3)4/h7-8H,5-6,9H2,1-4H3,(H,18,19). The number of hydrogen-bond donors (Lipinski definition) is 1. The second kappa shape index (κ2) is 5.95. The van der Waals surface area contributed by atoms with Crippen LogP contribution in [0.2, 0.25) is 25.7 Å². The molecular formula is C14H21N3O3Si. The number of fused-ring (bicyclic) bond motifs is 1. The van der Waals surface area contributed by atoms with Crippen LogP contribution in [0.25, 0.3) is 10.9 Å². The summed E-state index contributed by atoms with van der Waals surface area (Å²) in [6.45, 7) is 9.60. The molecule has 0 aliphatic rings. The molecule has 0 amide bonds. The maximum Gasteiger partial charge on any atom is 0.357 e. The first-order chi connectivity index (χ1) is 9.78. The molecule has 7 heteroatoms. The van der Waals surface area contributed by atoms with Gasteiger partial charge in [0, 0.05) is 25.8 Å². The first-order valence-electron chi connectivity index (χ1n) is 6.92. The van der Waals surface area contributed by atoms with E-state index in [0.29, 0.717) is 17.5 Å². The van der Waals surface area contributed by atoms with Crippen LogP contribution in [0.3, 0.4) is 0 Å². The molecule has 6 nitrogen and oxygen atoms in total. The molecule has 114 valence electrons. The zero-order chi connectivity index (χ0) is 15.6. The quantitative estimate of drug-likeness (QED) is 0.656. The number of carbonyl (C=O) groups is 1. The van der Waals surface area contributed by atoms with Crippen molar-refractivity contribution in [3.63, 3.8) is 0 Å². The van der Waals surface area contributed by atoms with Crippen molar-refractivity contribution < 1.29 is 14.6 Å². The monoisotopic (exact) mass is 307 g/mol. The van der Waals surface area contributed by atoms with E-state index in [9.17, 15) is 9.90 Å². The van der Waals surface area contributed by atoms with E-state index in [1.165, 1.54) is 0 Å². The Hall–Kier alpha value is -1.73. The van der Waals surface area contributed by atoms with E-state index in [2.05, 4.69) is 29.7 Å². The van der Waals surface area contributed by atoms with Crippen molar-refractivity contribution >= 4 is 24.9 Å². The molecule has 0 aliphatic carbocycles. The van der Waals surface area contributed by atoms with Crippen molar-refractivity contribution in [2.45, 2.75) is 39.3 Å². The van der Waals surface area contributed by atoms with Gasteiger partial charge in [0.25, 0.3) is 0 Å². The Balaban J connectivity index is 2.18. The molecule has 0 fully saturated rings. The largest absolute Gasteiger partial charge is 0.476 e. The highest BCUT2D eigenvalue weighted by Crippen LogP contribution is 2.19. The lowest BCUT2D eigenvalue weighted by molar-refractivity contribution is 0.0676. The van der Waals surface area contributed by atoms with Crippen molar-refractivity contribution in [2.75, 3.05) is 6.61 Å². The first-order valence-corrected chi connectivity index (χ1v) is 10.6. The van der Waals surface area contributed by atoms with E-state index in [-0.39, 0.29) is 12.4 Å². The summed E-state index contributed by atoms with van der Waals surface area (Å²) in [5.74, 6) is -1.04. The third-order valence-electron chi connectivity index (χ3n) is 3.19. The lowest BCUT2D eigenvalue weighted by Crippen LogP contribution is -2.22. The molecular weight excluding hydrogens is 286 g/mol. The number of rotatable bonds is 6. The highest BCUT2D eigenvalue weighted by Gasteiger charge is 2.17. The Kier molecular flexibility index (Phi) is 4.43. The third-order valence-corrected chi connectivity index (χ3v) is 4.89. The van der Waals surface area contributed by atoms with Crippen LogP contribution in [0.4, 0.5) is 0 Å². The minimum Gasteiger partial charge on any atom is -0.476 e. The molecule has 0 spiro atoms. The number of pyridine rings is 1. The number of aromatic carboxylic acids is 1. The van der Waals surface area contributed by atoms with E-state index in [1.807, 2.05) is 6.92 Å². The summed E-state index contributed by atoms with van der Waals surface area (Å²) in [5, 5.41) is 14.0. The molecule has 0 saturated carbocycles. The predicted octanol–water partition coefficient (Wildman–Crippen LogP) is 2.75. The van der Waals surface area contributed by atoms with Gasteiger partial charge in [-0.25, -0.2) is 9.48 Å². The number of aryl methyl sites for hydroxylation is 1. The fraction of sp³-hybridized carbons (Fsp3) is 0.500. The molecule has 2 aromatic heterocycles. The molecule has 0 saturated heterocycles. The summed E-state index contributed by atoms with van der Waals surface area (Å²) in [4.78, 5) is 15.5. The number of nitrogens with zero attached hydrogens (tertiary/aromatic N) is 3. The third kappa shape index (κ3) is 3.89. The summed E-state index contributed by atoms with van der Waals surface area (Å²) < 4.78 is 7.21.